The van der Waals surface area contributed by atoms with Crippen molar-refractivity contribution in [2.75, 3.05) is 0 Å². The molecule has 3 aliphatic rings. The van der Waals surface area contributed by atoms with Crippen LogP contribution in [0.4, 0.5) is 0 Å². The van der Waals surface area contributed by atoms with Crippen molar-refractivity contribution in [2.24, 2.45) is 0 Å². The maximum absolute atomic E-state index is 3.39. The highest BCUT2D eigenvalue weighted by molar-refractivity contribution is 6.28. The van der Waals surface area contributed by atoms with Crippen molar-refractivity contribution in [3.63, 3.8) is 0 Å². The van der Waals surface area contributed by atoms with E-state index in [1.807, 2.05) is 6.08 Å². The van der Waals surface area contributed by atoms with Gasteiger partial charge in [-0.15, -0.1) is 5.73 Å². The standard InChI is InChI=1S/C45H24/c1-2-8-26(7-1)34-11-5-6-12-35(34)30-14-13-29-19-32-24-42-38-17-15-36-40-22-27-9-3-4-10-28(27)23-41(40)37-16-18-39(45(38)44(36)37)43(42)25-33(32)21-31(29)20-30/h1-7,9-25H. The van der Waals surface area contributed by atoms with Crippen LogP contribution in [0, 0.1) is 0 Å². The normalized spacial score (nSPS) is 13.4. The molecule has 11 rings (SSSR count). The summed E-state index contributed by atoms with van der Waals surface area (Å²) in [6, 6.07) is 48.1. The Bertz CT molecular complexity index is 2730. The number of hydrogen-bond donors (Lipinski definition) is 0. The molecule has 0 amide bonds. The fourth-order valence-corrected chi connectivity index (χ4v) is 8.21. The van der Waals surface area contributed by atoms with Crippen LogP contribution in [0.1, 0.15) is 5.56 Å². The van der Waals surface area contributed by atoms with Gasteiger partial charge in [-0.3, -0.25) is 0 Å². The topological polar surface area (TPSA) is 0 Å². The second-order valence-electron chi connectivity index (χ2n) is 12.6. The fourth-order valence-electron chi connectivity index (χ4n) is 8.21. The van der Waals surface area contributed by atoms with Gasteiger partial charge in [0.1, 0.15) is 0 Å². The third kappa shape index (κ3) is 3.11. The van der Waals surface area contributed by atoms with Crippen molar-refractivity contribution < 1.29 is 0 Å². The molecule has 0 spiro atoms. The van der Waals surface area contributed by atoms with Crippen molar-refractivity contribution in [3.05, 3.63) is 157 Å². The zero-order valence-electron chi connectivity index (χ0n) is 24.4. The minimum absolute atomic E-state index is 1.14. The third-order valence-electron chi connectivity index (χ3n) is 10.3. The lowest BCUT2D eigenvalue weighted by molar-refractivity contribution is 1.59. The summed E-state index contributed by atoms with van der Waals surface area (Å²) in [6.07, 6.45) is 6.19. The van der Waals surface area contributed by atoms with Gasteiger partial charge < -0.3 is 0 Å². The van der Waals surface area contributed by atoms with E-state index in [2.05, 4.69) is 145 Å². The molecule has 0 saturated heterocycles. The lowest BCUT2D eigenvalue weighted by Crippen LogP contribution is -1.87. The van der Waals surface area contributed by atoms with Crippen LogP contribution in [-0.4, -0.2) is 0 Å². The van der Waals surface area contributed by atoms with Gasteiger partial charge in [0.15, 0.2) is 0 Å². The smallest absolute Gasteiger partial charge is 0.0243 e. The van der Waals surface area contributed by atoms with Crippen LogP contribution < -0.4 is 0 Å². The molecule has 8 aromatic rings. The molecule has 0 N–H and O–H groups in total. The molecule has 0 heterocycles. The van der Waals surface area contributed by atoms with Crippen molar-refractivity contribution in [1.29, 1.82) is 0 Å². The van der Waals surface area contributed by atoms with E-state index in [1.54, 1.807) is 0 Å². The lowest BCUT2D eigenvalue weighted by atomic mass is 9.92. The van der Waals surface area contributed by atoms with E-state index in [0.717, 1.165) is 5.57 Å². The molecule has 0 nitrogen and oxygen atoms in total. The summed E-state index contributed by atoms with van der Waals surface area (Å²) >= 11 is 0. The zero-order chi connectivity index (χ0) is 29.2. The lowest BCUT2D eigenvalue weighted by Gasteiger charge is -2.12. The summed E-state index contributed by atoms with van der Waals surface area (Å²) in [5.41, 5.74) is 19.1. The first-order valence-corrected chi connectivity index (χ1v) is 15.7. The molecule has 0 saturated carbocycles. The molecule has 45 heavy (non-hydrogen) atoms. The molecule has 204 valence electrons. The van der Waals surface area contributed by atoms with Gasteiger partial charge in [-0.2, -0.15) is 0 Å². The SMILES string of the molecule is C1=CC=CC=1c1ccccc1-c1ccc2cc3cc4c(cc3cc2c1)-c1ccc2c3c(ccc-4c13)-c1cc3ccccc3cc1-2. The van der Waals surface area contributed by atoms with Crippen molar-refractivity contribution in [2.45, 2.75) is 0 Å². The third-order valence-corrected chi connectivity index (χ3v) is 10.3. The van der Waals surface area contributed by atoms with E-state index in [-0.39, 0.29) is 0 Å². The fraction of sp³-hybridized carbons (Fsp3) is 0. The van der Waals surface area contributed by atoms with Gasteiger partial charge in [0.05, 0.1) is 0 Å². The zero-order valence-corrected chi connectivity index (χ0v) is 24.4. The Morgan fingerprint density at radius 3 is 1.40 bits per heavy atom. The highest BCUT2D eigenvalue weighted by Crippen LogP contribution is 2.57. The summed E-state index contributed by atoms with van der Waals surface area (Å²) in [4.78, 5) is 0. The van der Waals surface area contributed by atoms with E-state index in [0.29, 0.717) is 0 Å². The average molecular weight is 565 g/mol. The van der Waals surface area contributed by atoms with Crippen LogP contribution >= 0.6 is 0 Å². The number of fused-ring (bicyclic) bond motifs is 9. The highest BCUT2D eigenvalue weighted by Gasteiger charge is 2.29. The van der Waals surface area contributed by atoms with Crippen LogP contribution in [0.3, 0.4) is 0 Å². The number of hydrogen-bond acceptors (Lipinski definition) is 0. The molecule has 8 aromatic carbocycles. The van der Waals surface area contributed by atoms with Crippen molar-refractivity contribution in [1.82, 2.24) is 0 Å². The summed E-state index contributed by atoms with van der Waals surface area (Å²) in [7, 11) is 0. The second kappa shape index (κ2) is 8.36. The monoisotopic (exact) mass is 564 g/mol. The molecule has 0 fully saturated rings. The molecule has 0 bridgehead atoms. The number of rotatable bonds is 2. The van der Waals surface area contributed by atoms with Gasteiger partial charge in [0.2, 0.25) is 0 Å². The van der Waals surface area contributed by atoms with Crippen LogP contribution in [0.2, 0.25) is 0 Å². The summed E-state index contributed by atoms with van der Waals surface area (Å²) in [5.74, 6) is 0. The Morgan fingerprint density at radius 2 is 0.822 bits per heavy atom. The molecule has 0 heteroatoms. The number of allylic oxidation sites excluding steroid dienone is 3. The van der Waals surface area contributed by atoms with E-state index in [4.69, 9.17) is 0 Å². The van der Waals surface area contributed by atoms with Gasteiger partial charge in [0.25, 0.3) is 0 Å². The first-order valence-electron chi connectivity index (χ1n) is 15.7. The average Bonchev–Trinajstić information content (AvgIpc) is 3.81. The van der Waals surface area contributed by atoms with Crippen LogP contribution in [0.15, 0.2) is 151 Å². The van der Waals surface area contributed by atoms with Crippen LogP contribution in [0.25, 0.3) is 104 Å². The largest absolute Gasteiger partial charge is 0.112 e. The minimum atomic E-state index is 1.14. The first-order chi connectivity index (χ1) is 22.3. The predicted molar refractivity (Wildman–Crippen MR) is 191 cm³/mol. The Labute approximate surface area is 260 Å². The molecule has 0 unspecified atom stereocenters. The Morgan fingerprint density at radius 1 is 0.333 bits per heavy atom. The highest BCUT2D eigenvalue weighted by atomic mass is 14.3. The van der Waals surface area contributed by atoms with Gasteiger partial charge in [-0.25, -0.2) is 0 Å². The quantitative estimate of drug-likeness (QED) is 0.145. The van der Waals surface area contributed by atoms with E-state index < -0.39 is 0 Å². The van der Waals surface area contributed by atoms with Crippen molar-refractivity contribution >= 4 is 48.7 Å². The molecule has 0 aliphatic heterocycles. The molecule has 0 atom stereocenters. The van der Waals surface area contributed by atoms with Crippen LogP contribution in [0.5, 0.6) is 0 Å². The maximum Gasteiger partial charge on any atom is 0.0243 e. The Kier molecular flexibility index (Phi) is 4.37. The van der Waals surface area contributed by atoms with Gasteiger partial charge in [-0.1, -0.05) is 91.0 Å². The van der Waals surface area contributed by atoms with Gasteiger partial charge in [-0.05, 0) is 159 Å². The first kappa shape index (κ1) is 23.5. The van der Waals surface area contributed by atoms with E-state index >= 15 is 0 Å². The van der Waals surface area contributed by atoms with E-state index in [1.165, 1.54) is 104 Å². The van der Waals surface area contributed by atoms with Crippen LogP contribution in [-0.2, 0) is 0 Å². The summed E-state index contributed by atoms with van der Waals surface area (Å²) in [5, 5.41) is 10.5. The van der Waals surface area contributed by atoms with Gasteiger partial charge >= 0.3 is 0 Å². The van der Waals surface area contributed by atoms with Crippen molar-refractivity contribution in [3.8, 4) is 55.6 Å². The summed E-state index contributed by atoms with van der Waals surface area (Å²) in [6.45, 7) is 0. The molecule has 0 aromatic heterocycles. The Balaban J connectivity index is 1.10. The van der Waals surface area contributed by atoms with E-state index in [9.17, 15) is 0 Å². The molecular formula is C45H24. The summed E-state index contributed by atoms with van der Waals surface area (Å²) < 4.78 is 0. The predicted octanol–water partition coefficient (Wildman–Crippen LogP) is 12.4. The molecular weight excluding hydrogens is 540 g/mol. The minimum Gasteiger partial charge on any atom is -0.112 e. The second-order valence-corrected chi connectivity index (χ2v) is 12.6. The Hall–Kier alpha value is -5.94. The molecule has 3 aliphatic carbocycles. The maximum atomic E-state index is 3.39. The van der Waals surface area contributed by atoms with Gasteiger partial charge in [0, 0.05) is 5.57 Å². The number of benzene rings is 8. The molecule has 0 radical (unpaired) electrons.